The zero-order valence-corrected chi connectivity index (χ0v) is 16.6. The number of aromatic nitrogens is 1. The third kappa shape index (κ3) is 3.51. The molecular formula is C24H25FN2O2. The fraction of sp³-hybridized carbons (Fsp3) is 0.333. The van der Waals surface area contributed by atoms with Crippen LogP contribution in [0.1, 0.15) is 24.0 Å². The number of aryl methyl sites for hydroxylation is 1. The molecule has 1 atom stereocenters. The van der Waals surface area contributed by atoms with Crippen LogP contribution in [0.5, 0.6) is 11.5 Å². The summed E-state index contributed by atoms with van der Waals surface area (Å²) in [4.78, 5) is 5.64. The van der Waals surface area contributed by atoms with Crippen molar-refractivity contribution >= 4 is 16.5 Å². The van der Waals surface area contributed by atoms with Crippen LogP contribution in [-0.2, 0) is 6.42 Å². The molecule has 29 heavy (non-hydrogen) atoms. The van der Waals surface area contributed by atoms with Gasteiger partial charge in [0.1, 0.15) is 11.9 Å². The summed E-state index contributed by atoms with van der Waals surface area (Å²) in [5.74, 6) is 1.52. The van der Waals surface area contributed by atoms with E-state index in [4.69, 9.17) is 9.47 Å². The van der Waals surface area contributed by atoms with Crippen molar-refractivity contribution in [2.45, 2.75) is 25.4 Å². The maximum absolute atomic E-state index is 13.4. The summed E-state index contributed by atoms with van der Waals surface area (Å²) in [7, 11) is 1.69. The zero-order valence-electron chi connectivity index (χ0n) is 16.6. The molecule has 5 rings (SSSR count). The minimum absolute atomic E-state index is 0.185. The van der Waals surface area contributed by atoms with Crippen LogP contribution in [0.2, 0.25) is 0 Å². The standard InChI is InChI=1S/C24H25FN2O2/c1-28-23-4-2-3-17-5-7-19(29-24(17)23)15-27-11-9-16(10-12-27)21-14-26-22-13-18(25)6-8-20(21)22/h2-4,6,8-9,13-14,19,26H,5,7,10-12,15H2,1H3/t19-/m1/s1. The first-order valence-electron chi connectivity index (χ1n) is 10.2. The quantitative estimate of drug-likeness (QED) is 0.693. The Labute approximate surface area is 169 Å². The lowest BCUT2D eigenvalue weighted by molar-refractivity contribution is 0.116. The van der Waals surface area contributed by atoms with Gasteiger partial charge in [-0.2, -0.15) is 0 Å². The Morgan fingerprint density at radius 2 is 2.17 bits per heavy atom. The smallest absolute Gasteiger partial charge is 0.164 e. The largest absolute Gasteiger partial charge is 0.493 e. The minimum Gasteiger partial charge on any atom is -0.493 e. The zero-order chi connectivity index (χ0) is 19.8. The molecule has 0 bridgehead atoms. The van der Waals surface area contributed by atoms with Crippen molar-refractivity contribution in [3.63, 3.8) is 0 Å². The number of methoxy groups -OCH3 is 1. The maximum Gasteiger partial charge on any atom is 0.164 e. The second kappa shape index (κ2) is 7.56. The summed E-state index contributed by atoms with van der Waals surface area (Å²) in [6.45, 7) is 2.82. The molecule has 5 heteroatoms. The molecule has 2 aliphatic rings. The number of hydrogen-bond donors (Lipinski definition) is 1. The number of fused-ring (bicyclic) bond motifs is 2. The second-order valence-corrected chi connectivity index (χ2v) is 7.86. The number of halogens is 1. The van der Waals surface area contributed by atoms with Gasteiger partial charge in [0, 0.05) is 42.3 Å². The predicted molar refractivity (Wildman–Crippen MR) is 113 cm³/mol. The normalized spacial score (nSPS) is 19.5. The molecule has 0 amide bonds. The highest BCUT2D eigenvalue weighted by atomic mass is 19.1. The molecule has 0 radical (unpaired) electrons. The highest BCUT2D eigenvalue weighted by Crippen LogP contribution is 2.37. The first-order valence-corrected chi connectivity index (χ1v) is 10.2. The van der Waals surface area contributed by atoms with E-state index in [1.165, 1.54) is 22.8 Å². The van der Waals surface area contributed by atoms with Crippen molar-refractivity contribution in [3.8, 4) is 11.5 Å². The lowest BCUT2D eigenvalue weighted by Gasteiger charge is -2.33. The van der Waals surface area contributed by atoms with E-state index in [2.05, 4.69) is 22.0 Å². The number of H-pyrrole nitrogens is 1. The highest BCUT2D eigenvalue weighted by molar-refractivity contribution is 5.92. The SMILES string of the molecule is COc1cccc2c1O[C@@H](CN1CC=C(c3c[nH]c4cc(F)ccc34)CC1)CC2. The molecule has 1 aromatic heterocycles. The van der Waals surface area contributed by atoms with E-state index in [0.717, 1.165) is 61.3 Å². The highest BCUT2D eigenvalue weighted by Gasteiger charge is 2.25. The second-order valence-electron chi connectivity index (χ2n) is 7.86. The van der Waals surface area contributed by atoms with E-state index in [0.29, 0.717) is 0 Å². The van der Waals surface area contributed by atoms with Gasteiger partial charge in [-0.3, -0.25) is 4.90 Å². The number of hydrogen-bond acceptors (Lipinski definition) is 3. The Bertz CT molecular complexity index is 1060. The van der Waals surface area contributed by atoms with Crippen LogP contribution in [0.3, 0.4) is 0 Å². The molecule has 0 fully saturated rings. The fourth-order valence-corrected chi connectivity index (χ4v) is 4.50. The third-order valence-electron chi connectivity index (χ3n) is 6.05. The molecule has 150 valence electrons. The van der Waals surface area contributed by atoms with Crippen molar-refractivity contribution in [2.75, 3.05) is 26.7 Å². The molecule has 0 spiro atoms. The molecule has 0 saturated carbocycles. The van der Waals surface area contributed by atoms with Gasteiger partial charge < -0.3 is 14.5 Å². The van der Waals surface area contributed by atoms with E-state index in [1.54, 1.807) is 13.2 Å². The van der Waals surface area contributed by atoms with Crippen molar-refractivity contribution < 1.29 is 13.9 Å². The molecule has 4 nitrogen and oxygen atoms in total. The van der Waals surface area contributed by atoms with Gasteiger partial charge in [-0.1, -0.05) is 18.2 Å². The Hall–Kier alpha value is -2.79. The number of rotatable bonds is 4. The van der Waals surface area contributed by atoms with E-state index in [9.17, 15) is 4.39 Å². The summed E-state index contributed by atoms with van der Waals surface area (Å²) in [5.41, 5.74) is 4.60. The predicted octanol–water partition coefficient (Wildman–Crippen LogP) is 4.80. The van der Waals surface area contributed by atoms with Gasteiger partial charge in [-0.25, -0.2) is 4.39 Å². The maximum atomic E-state index is 13.4. The van der Waals surface area contributed by atoms with Crippen LogP contribution < -0.4 is 9.47 Å². The number of nitrogens with one attached hydrogen (secondary N) is 1. The molecule has 3 aromatic rings. The van der Waals surface area contributed by atoms with Crippen LogP contribution in [0.15, 0.2) is 48.7 Å². The molecule has 3 heterocycles. The van der Waals surface area contributed by atoms with E-state index >= 15 is 0 Å². The minimum atomic E-state index is -0.208. The first-order chi connectivity index (χ1) is 14.2. The lowest BCUT2D eigenvalue weighted by Crippen LogP contribution is -2.39. The summed E-state index contributed by atoms with van der Waals surface area (Å²) < 4.78 is 25.2. The summed E-state index contributed by atoms with van der Waals surface area (Å²) in [6, 6.07) is 11.1. The van der Waals surface area contributed by atoms with Crippen LogP contribution in [-0.4, -0.2) is 42.7 Å². The van der Waals surface area contributed by atoms with E-state index in [1.807, 2.05) is 24.4 Å². The van der Waals surface area contributed by atoms with Crippen LogP contribution in [0, 0.1) is 5.82 Å². The topological polar surface area (TPSA) is 37.5 Å². The number of para-hydroxylation sites is 1. The van der Waals surface area contributed by atoms with Gasteiger partial charge in [-0.15, -0.1) is 0 Å². The van der Waals surface area contributed by atoms with Crippen molar-refractivity contribution in [2.24, 2.45) is 0 Å². The number of nitrogens with zero attached hydrogens (tertiary/aromatic N) is 1. The van der Waals surface area contributed by atoms with E-state index in [-0.39, 0.29) is 11.9 Å². The Morgan fingerprint density at radius 3 is 3.00 bits per heavy atom. The molecule has 2 aromatic carbocycles. The van der Waals surface area contributed by atoms with Crippen molar-refractivity contribution in [1.82, 2.24) is 9.88 Å². The molecule has 0 unspecified atom stereocenters. The molecule has 0 aliphatic carbocycles. The average Bonchev–Trinajstić information content (AvgIpc) is 3.17. The van der Waals surface area contributed by atoms with Gasteiger partial charge in [-0.05, 0) is 54.7 Å². The van der Waals surface area contributed by atoms with Crippen LogP contribution in [0.4, 0.5) is 4.39 Å². The van der Waals surface area contributed by atoms with Gasteiger partial charge in [0.2, 0.25) is 0 Å². The van der Waals surface area contributed by atoms with Crippen molar-refractivity contribution in [1.29, 1.82) is 0 Å². The van der Waals surface area contributed by atoms with Gasteiger partial charge in [0.05, 0.1) is 7.11 Å². The molecular weight excluding hydrogens is 367 g/mol. The fourth-order valence-electron chi connectivity index (χ4n) is 4.50. The monoisotopic (exact) mass is 392 g/mol. The van der Waals surface area contributed by atoms with Gasteiger partial charge in [0.25, 0.3) is 0 Å². The lowest BCUT2D eigenvalue weighted by atomic mass is 9.97. The molecule has 1 N–H and O–H groups in total. The number of benzene rings is 2. The van der Waals surface area contributed by atoms with Gasteiger partial charge in [0.15, 0.2) is 11.5 Å². The Kier molecular flexibility index (Phi) is 4.76. The Balaban J connectivity index is 1.26. The third-order valence-corrected chi connectivity index (χ3v) is 6.05. The average molecular weight is 392 g/mol. The number of ether oxygens (including phenoxy) is 2. The number of aromatic amines is 1. The Morgan fingerprint density at radius 1 is 1.24 bits per heavy atom. The molecule has 0 saturated heterocycles. The summed E-state index contributed by atoms with van der Waals surface area (Å²) in [5, 5.41) is 1.09. The summed E-state index contributed by atoms with van der Waals surface area (Å²) in [6.07, 6.45) is 7.52. The van der Waals surface area contributed by atoms with Crippen LogP contribution >= 0.6 is 0 Å². The van der Waals surface area contributed by atoms with E-state index < -0.39 is 0 Å². The van der Waals surface area contributed by atoms with Crippen LogP contribution in [0.25, 0.3) is 16.5 Å². The van der Waals surface area contributed by atoms with Crippen molar-refractivity contribution in [3.05, 3.63) is 65.6 Å². The first kappa shape index (κ1) is 18.3. The summed E-state index contributed by atoms with van der Waals surface area (Å²) >= 11 is 0. The van der Waals surface area contributed by atoms with Gasteiger partial charge >= 0.3 is 0 Å². The molecule has 2 aliphatic heterocycles.